The fourth-order valence-corrected chi connectivity index (χ4v) is 3.15. The first-order chi connectivity index (χ1) is 11.3. The molecule has 3 heteroatoms. The van der Waals surface area contributed by atoms with Crippen LogP contribution < -0.4 is 0 Å². The molecule has 0 bridgehead atoms. The normalized spacial score (nSPS) is 11.4. The van der Waals surface area contributed by atoms with E-state index in [0.717, 1.165) is 16.9 Å². The average molecular weight is 317 g/mol. The van der Waals surface area contributed by atoms with Crippen molar-refractivity contribution in [2.45, 2.75) is 47.0 Å². The van der Waals surface area contributed by atoms with Crippen LogP contribution in [0.5, 0.6) is 0 Å². The molecule has 0 N–H and O–H groups in total. The summed E-state index contributed by atoms with van der Waals surface area (Å²) in [6.07, 6.45) is 3.72. The molecule has 0 atom stereocenters. The highest BCUT2D eigenvalue weighted by molar-refractivity contribution is 5.69. The summed E-state index contributed by atoms with van der Waals surface area (Å²) in [5, 5.41) is 4.31. The van der Waals surface area contributed by atoms with E-state index in [-0.39, 0.29) is 5.41 Å². The zero-order valence-corrected chi connectivity index (χ0v) is 15.2. The highest BCUT2D eigenvalue weighted by atomic mass is 15.2. The first-order valence-electron chi connectivity index (χ1n) is 8.21. The van der Waals surface area contributed by atoms with Gasteiger partial charge in [-0.15, -0.1) is 5.92 Å². The third kappa shape index (κ3) is 2.69. The van der Waals surface area contributed by atoms with Gasteiger partial charge in [0.1, 0.15) is 0 Å². The van der Waals surface area contributed by atoms with Gasteiger partial charge in [0.15, 0.2) is 5.65 Å². The SMILES string of the molecule is CC#Cc1cnn2ccc(-c3ccc(C(C)(C)C)c(C)c3C)nc12. The van der Waals surface area contributed by atoms with E-state index >= 15 is 0 Å². The molecule has 0 aliphatic heterocycles. The van der Waals surface area contributed by atoms with Gasteiger partial charge in [0.2, 0.25) is 0 Å². The highest BCUT2D eigenvalue weighted by Crippen LogP contribution is 2.32. The van der Waals surface area contributed by atoms with E-state index in [9.17, 15) is 0 Å². The maximum atomic E-state index is 4.82. The van der Waals surface area contributed by atoms with Crippen molar-refractivity contribution >= 4 is 5.65 Å². The van der Waals surface area contributed by atoms with E-state index in [4.69, 9.17) is 4.98 Å². The number of aromatic nitrogens is 3. The monoisotopic (exact) mass is 317 g/mol. The van der Waals surface area contributed by atoms with Gasteiger partial charge in [0.25, 0.3) is 0 Å². The molecule has 24 heavy (non-hydrogen) atoms. The number of nitrogens with zero attached hydrogens (tertiary/aromatic N) is 3. The Labute approximate surface area is 143 Å². The third-order valence-corrected chi connectivity index (χ3v) is 4.50. The van der Waals surface area contributed by atoms with Crippen LogP contribution in [0.2, 0.25) is 0 Å². The van der Waals surface area contributed by atoms with Crippen LogP contribution in [0.3, 0.4) is 0 Å². The van der Waals surface area contributed by atoms with Gasteiger partial charge in [-0.25, -0.2) is 9.50 Å². The Balaban J connectivity index is 2.18. The van der Waals surface area contributed by atoms with E-state index in [2.05, 4.69) is 63.7 Å². The van der Waals surface area contributed by atoms with Crippen LogP contribution in [-0.4, -0.2) is 14.6 Å². The van der Waals surface area contributed by atoms with Gasteiger partial charge >= 0.3 is 0 Å². The van der Waals surface area contributed by atoms with E-state index in [0.29, 0.717) is 0 Å². The van der Waals surface area contributed by atoms with Gasteiger partial charge in [-0.2, -0.15) is 5.10 Å². The van der Waals surface area contributed by atoms with Crippen molar-refractivity contribution in [3.63, 3.8) is 0 Å². The minimum Gasteiger partial charge on any atom is -0.227 e. The topological polar surface area (TPSA) is 30.2 Å². The molecule has 2 aromatic heterocycles. The fraction of sp³-hybridized carbons (Fsp3) is 0.333. The molecule has 0 saturated carbocycles. The molecule has 1 aromatic carbocycles. The van der Waals surface area contributed by atoms with Crippen LogP contribution in [-0.2, 0) is 5.41 Å². The van der Waals surface area contributed by atoms with Gasteiger partial charge in [-0.3, -0.25) is 0 Å². The average Bonchev–Trinajstić information content (AvgIpc) is 2.91. The molecule has 3 nitrogen and oxygen atoms in total. The summed E-state index contributed by atoms with van der Waals surface area (Å²) in [6.45, 7) is 13.0. The summed E-state index contributed by atoms with van der Waals surface area (Å²) in [4.78, 5) is 4.82. The number of fused-ring (bicyclic) bond motifs is 1. The molecule has 2 heterocycles. The molecule has 0 saturated heterocycles. The highest BCUT2D eigenvalue weighted by Gasteiger charge is 2.19. The quantitative estimate of drug-likeness (QED) is 0.610. The summed E-state index contributed by atoms with van der Waals surface area (Å²) in [5.74, 6) is 5.99. The van der Waals surface area contributed by atoms with Gasteiger partial charge in [-0.1, -0.05) is 38.8 Å². The molecule has 0 amide bonds. The lowest BCUT2D eigenvalue weighted by Crippen LogP contribution is -2.14. The molecule has 0 radical (unpaired) electrons. The second-order valence-electron chi connectivity index (χ2n) is 7.17. The minimum atomic E-state index is 0.139. The fourth-order valence-electron chi connectivity index (χ4n) is 3.15. The van der Waals surface area contributed by atoms with Gasteiger partial charge in [0, 0.05) is 11.8 Å². The van der Waals surface area contributed by atoms with Crippen molar-refractivity contribution in [3.05, 3.63) is 52.8 Å². The Hall–Kier alpha value is -2.60. The second-order valence-corrected chi connectivity index (χ2v) is 7.17. The predicted molar refractivity (Wildman–Crippen MR) is 99.1 cm³/mol. The lowest BCUT2D eigenvalue weighted by atomic mass is 9.81. The second kappa shape index (κ2) is 5.79. The van der Waals surface area contributed by atoms with Crippen LogP contribution in [0.15, 0.2) is 30.6 Å². The smallest absolute Gasteiger partial charge is 0.171 e. The van der Waals surface area contributed by atoms with Crippen LogP contribution in [0.25, 0.3) is 16.9 Å². The summed E-state index contributed by atoms with van der Waals surface area (Å²) < 4.78 is 1.77. The van der Waals surface area contributed by atoms with Gasteiger partial charge in [-0.05, 0) is 48.9 Å². The van der Waals surface area contributed by atoms with Crippen molar-refractivity contribution in [1.82, 2.24) is 14.6 Å². The predicted octanol–water partition coefficient (Wildman–Crippen LogP) is 4.68. The van der Waals surface area contributed by atoms with Crippen molar-refractivity contribution in [2.75, 3.05) is 0 Å². The first-order valence-corrected chi connectivity index (χ1v) is 8.21. The summed E-state index contributed by atoms with van der Waals surface area (Å²) in [7, 11) is 0. The molecular formula is C21H23N3. The Morgan fingerprint density at radius 1 is 1.04 bits per heavy atom. The number of rotatable bonds is 1. The molecule has 0 aliphatic carbocycles. The Morgan fingerprint density at radius 2 is 1.79 bits per heavy atom. The lowest BCUT2D eigenvalue weighted by Gasteiger charge is -2.24. The Kier molecular flexibility index (Phi) is 3.93. The minimum absolute atomic E-state index is 0.139. The molecule has 0 spiro atoms. The third-order valence-electron chi connectivity index (χ3n) is 4.50. The first kappa shape index (κ1) is 16.3. The summed E-state index contributed by atoms with van der Waals surface area (Å²) in [5.41, 5.74) is 7.93. The van der Waals surface area contributed by atoms with Crippen molar-refractivity contribution < 1.29 is 0 Å². The number of hydrogen-bond donors (Lipinski definition) is 0. The lowest BCUT2D eigenvalue weighted by molar-refractivity contribution is 0.585. The number of hydrogen-bond acceptors (Lipinski definition) is 2. The van der Waals surface area contributed by atoms with E-state index < -0.39 is 0 Å². The maximum absolute atomic E-state index is 4.82. The van der Waals surface area contributed by atoms with Crippen molar-refractivity contribution in [3.8, 4) is 23.1 Å². The van der Waals surface area contributed by atoms with Crippen LogP contribution in [0, 0.1) is 25.7 Å². The summed E-state index contributed by atoms with van der Waals surface area (Å²) >= 11 is 0. The van der Waals surface area contributed by atoms with Crippen molar-refractivity contribution in [2.24, 2.45) is 0 Å². The molecule has 122 valence electrons. The summed E-state index contributed by atoms with van der Waals surface area (Å²) in [6, 6.07) is 6.43. The molecule has 0 unspecified atom stereocenters. The van der Waals surface area contributed by atoms with E-state index in [1.807, 2.05) is 19.2 Å². The molecule has 0 fully saturated rings. The zero-order valence-electron chi connectivity index (χ0n) is 15.2. The standard InChI is InChI=1S/C21H23N3/c1-7-8-16-13-22-24-12-11-19(23-20(16)24)17-9-10-18(21(4,5)6)15(3)14(17)2/h9-13H,1-6H3. The van der Waals surface area contributed by atoms with E-state index in [1.54, 1.807) is 10.7 Å². The molecular weight excluding hydrogens is 294 g/mol. The van der Waals surface area contributed by atoms with Gasteiger partial charge in [0.05, 0.1) is 17.5 Å². The van der Waals surface area contributed by atoms with E-state index in [1.165, 1.54) is 22.3 Å². The van der Waals surface area contributed by atoms with Gasteiger partial charge < -0.3 is 0 Å². The maximum Gasteiger partial charge on any atom is 0.171 e. The van der Waals surface area contributed by atoms with Crippen LogP contribution in [0.1, 0.15) is 49.9 Å². The van der Waals surface area contributed by atoms with Crippen LogP contribution in [0.4, 0.5) is 0 Å². The number of benzene rings is 1. The largest absolute Gasteiger partial charge is 0.227 e. The Bertz CT molecular complexity index is 976. The zero-order chi connectivity index (χ0) is 17.5. The van der Waals surface area contributed by atoms with Crippen LogP contribution >= 0.6 is 0 Å². The molecule has 3 aromatic rings. The van der Waals surface area contributed by atoms with Crippen molar-refractivity contribution in [1.29, 1.82) is 0 Å². The molecule has 0 aliphatic rings. The molecule has 3 rings (SSSR count). The Morgan fingerprint density at radius 3 is 2.46 bits per heavy atom.